The summed E-state index contributed by atoms with van der Waals surface area (Å²) in [7, 11) is 0. The monoisotopic (exact) mass is 237 g/mol. The van der Waals surface area contributed by atoms with Gasteiger partial charge in [0.05, 0.1) is 12.1 Å². The number of carbonyl (C=O) groups excluding carboxylic acids is 1. The van der Waals surface area contributed by atoms with Gasteiger partial charge < -0.3 is 15.2 Å². The zero-order valence-corrected chi connectivity index (χ0v) is 10.3. The van der Waals surface area contributed by atoms with Crippen molar-refractivity contribution in [3.05, 3.63) is 17.5 Å². The van der Waals surface area contributed by atoms with Crippen LogP contribution in [0.4, 0.5) is 0 Å². The van der Waals surface area contributed by atoms with E-state index in [1.54, 1.807) is 6.07 Å². The van der Waals surface area contributed by atoms with Crippen LogP contribution in [0.25, 0.3) is 0 Å². The molecule has 0 spiro atoms. The molecule has 1 aliphatic rings. The molecule has 1 aromatic rings. The third kappa shape index (κ3) is 2.66. The van der Waals surface area contributed by atoms with Crippen molar-refractivity contribution in [3.63, 3.8) is 0 Å². The van der Waals surface area contributed by atoms with Crippen LogP contribution in [-0.2, 0) is 11.2 Å². The van der Waals surface area contributed by atoms with Crippen molar-refractivity contribution in [2.45, 2.75) is 32.7 Å². The standard InChI is InChI=1S/C12H19N3O2/c1-8-3-10(6-13)7-15(8)12(16)5-11-4-9(2)17-14-11/h4,8,10H,3,5-7,13H2,1-2H3. The van der Waals surface area contributed by atoms with E-state index in [9.17, 15) is 4.79 Å². The number of aromatic nitrogens is 1. The van der Waals surface area contributed by atoms with E-state index in [4.69, 9.17) is 10.3 Å². The molecule has 5 nitrogen and oxygen atoms in total. The van der Waals surface area contributed by atoms with Crippen LogP contribution in [0.5, 0.6) is 0 Å². The molecule has 5 heteroatoms. The molecule has 2 N–H and O–H groups in total. The molecule has 2 atom stereocenters. The Morgan fingerprint density at radius 2 is 2.47 bits per heavy atom. The zero-order chi connectivity index (χ0) is 12.4. The molecule has 2 heterocycles. The van der Waals surface area contributed by atoms with E-state index < -0.39 is 0 Å². The van der Waals surface area contributed by atoms with Crippen molar-refractivity contribution < 1.29 is 9.32 Å². The fraction of sp³-hybridized carbons (Fsp3) is 0.667. The summed E-state index contributed by atoms with van der Waals surface area (Å²) in [5.74, 6) is 1.29. The average molecular weight is 237 g/mol. The van der Waals surface area contributed by atoms with Gasteiger partial charge in [-0.25, -0.2) is 0 Å². The third-order valence-electron chi connectivity index (χ3n) is 3.32. The summed E-state index contributed by atoms with van der Waals surface area (Å²) in [5, 5.41) is 3.84. The van der Waals surface area contributed by atoms with Crippen LogP contribution >= 0.6 is 0 Å². The molecule has 94 valence electrons. The van der Waals surface area contributed by atoms with Crippen LogP contribution in [0.3, 0.4) is 0 Å². The molecule has 0 aliphatic carbocycles. The molecular formula is C12H19N3O2. The average Bonchev–Trinajstić information content (AvgIpc) is 2.85. The van der Waals surface area contributed by atoms with Gasteiger partial charge >= 0.3 is 0 Å². The van der Waals surface area contributed by atoms with Crippen molar-refractivity contribution in [3.8, 4) is 0 Å². The highest BCUT2D eigenvalue weighted by Gasteiger charge is 2.31. The van der Waals surface area contributed by atoms with Crippen LogP contribution < -0.4 is 5.73 Å². The SMILES string of the molecule is Cc1cc(CC(=O)N2CC(CN)CC2C)no1. The summed E-state index contributed by atoms with van der Waals surface area (Å²) >= 11 is 0. The molecule has 0 aromatic carbocycles. The number of likely N-dealkylation sites (tertiary alicyclic amines) is 1. The second kappa shape index (κ2) is 4.87. The summed E-state index contributed by atoms with van der Waals surface area (Å²) in [4.78, 5) is 14.0. The zero-order valence-electron chi connectivity index (χ0n) is 10.3. The van der Waals surface area contributed by atoms with E-state index in [0.717, 1.165) is 18.7 Å². The number of hydrogen-bond donors (Lipinski definition) is 1. The van der Waals surface area contributed by atoms with Crippen molar-refractivity contribution in [1.82, 2.24) is 10.1 Å². The van der Waals surface area contributed by atoms with Crippen LogP contribution in [-0.4, -0.2) is 35.1 Å². The van der Waals surface area contributed by atoms with E-state index in [1.165, 1.54) is 0 Å². The van der Waals surface area contributed by atoms with E-state index in [0.29, 0.717) is 24.6 Å². The van der Waals surface area contributed by atoms with E-state index in [2.05, 4.69) is 12.1 Å². The molecule has 2 rings (SSSR count). The smallest absolute Gasteiger partial charge is 0.228 e. The number of nitrogens with zero attached hydrogens (tertiary/aromatic N) is 2. The first kappa shape index (κ1) is 12.1. The maximum absolute atomic E-state index is 12.1. The number of hydrogen-bond acceptors (Lipinski definition) is 4. The first-order valence-corrected chi connectivity index (χ1v) is 6.02. The van der Waals surface area contributed by atoms with Gasteiger partial charge in [-0.15, -0.1) is 0 Å². The van der Waals surface area contributed by atoms with Crippen LogP contribution in [0.15, 0.2) is 10.6 Å². The van der Waals surface area contributed by atoms with Gasteiger partial charge in [-0.1, -0.05) is 5.16 Å². The molecule has 17 heavy (non-hydrogen) atoms. The van der Waals surface area contributed by atoms with Gasteiger partial charge in [0.25, 0.3) is 0 Å². The molecule has 1 saturated heterocycles. The molecule has 1 amide bonds. The molecule has 1 aromatic heterocycles. The van der Waals surface area contributed by atoms with Gasteiger partial charge in [0, 0.05) is 18.7 Å². The first-order chi connectivity index (χ1) is 8.10. The quantitative estimate of drug-likeness (QED) is 0.840. The number of carbonyl (C=O) groups is 1. The Balaban J connectivity index is 1.96. The van der Waals surface area contributed by atoms with E-state index in [1.807, 2.05) is 11.8 Å². The Morgan fingerprint density at radius 3 is 3.00 bits per heavy atom. The highest BCUT2D eigenvalue weighted by molar-refractivity contribution is 5.79. The number of nitrogens with two attached hydrogens (primary N) is 1. The highest BCUT2D eigenvalue weighted by atomic mass is 16.5. The van der Waals surface area contributed by atoms with Crippen molar-refractivity contribution in [1.29, 1.82) is 0 Å². The molecule has 1 aliphatic heterocycles. The normalized spacial score (nSPS) is 24.3. The summed E-state index contributed by atoms with van der Waals surface area (Å²) in [6.07, 6.45) is 1.32. The predicted molar refractivity (Wildman–Crippen MR) is 63.3 cm³/mol. The summed E-state index contributed by atoms with van der Waals surface area (Å²) in [6.45, 7) is 5.32. The van der Waals surface area contributed by atoms with Crippen LogP contribution in [0, 0.1) is 12.8 Å². The molecule has 0 saturated carbocycles. The minimum atomic E-state index is 0.113. The summed E-state index contributed by atoms with van der Waals surface area (Å²) in [5.41, 5.74) is 6.35. The van der Waals surface area contributed by atoms with E-state index in [-0.39, 0.29) is 11.9 Å². The molecule has 0 radical (unpaired) electrons. The Morgan fingerprint density at radius 1 is 1.71 bits per heavy atom. The van der Waals surface area contributed by atoms with Crippen LogP contribution in [0.1, 0.15) is 24.8 Å². The molecule has 1 fully saturated rings. The largest absolute Gasteiger partial charge is 0.361 e. The molecular weight excluding hydrogens is 218 g/mol. The fourth-order valence-electron chi connectivity index (χ4n) is 2.42. The van der Waals surface area contributed by atoms with Crippen molar-refractivity contribution >= 4 is 5.91 Å². The number of aryl methyl sites for hydroxylation is 1. The minimum absolute atomic E-state index is 0.113. The minimum Gasteiger partial charge on any atom is -0.361 e. The second-order valence-electron chi connectivity index (χ2n) is 4.84. The fourth-order valence-corrected chi connectivity index (χ4v) is 2.42. The Kier molecular flexibility index (Phi) is 3.47. The maximum atomic E-state index is 12.1. The Labute approximate surface area is 101 Å². The lowest BCUT2D eigenvalue weighted by atomic mass is 10.1. The summed E-state index contributed by atoms with van der Waals surface area (Å²) in [6, 6.07) is 2.09. The number of amides is 1. The lowest BCUT2D eigenvalue weighted by Crippen LogP contribution is -2.35. The second-order valence-corrected chi connectivity index (χ2v) is 4.84. The third-order valence-corrected chi connectivity index (χ3v) is 3.32. The van der Waals surface area contributed by atoms with Gasteiger partial charge in [-0.2, -0.15) is 0 Å². The molecule has 0 bridgehead atoms. The lowest BCUT2D eigenvalue weighted by Gasteiger charge is -2.20. The molecule has 2 unspecified atom stereocenters. The van der Waals surface area contributed by atoms with Crippen LogP contribution in [0.2, 0.25) is 0 Å². The van der Waals surface area contributed by atoms with Gasteiger partial charge in [-0.3, -0.25) is 4.79 Å². The topological polar surface area (TPSA) is 72.4 Å². The Bertz CT molecular complexity index is 402. The Hall–Kier alpha value is -1.36. The van der Waals surface area contributed by atoms with Crippen molar-refractivity contribution in [2.24, 2.45) is 11.7 Å². The van der Waals surface area contributed by atoms with Gasteiger partial charge in [-0.05, 0) is 32.7 Å². The van der Waals surface area contributed by atoms with Gasteiger partial charge in [0.1, 0.15) is 5.76 Å². The predicted octanol–water partition coefficient (Wildman–Crippen LogP) is 0.721. The lowest BCUT2D eigenvalue weighted by molar-refractivity contribution is -0.131. The van der Waals surface area contributed by atoms with Crippen molar-refractivity contribution in [2.75, 3.05) is 13.1 Å². The number of rotatable bonds is 3. The highest BCUT2D eigenvalue weighted by Crippen LogP contribution is 2.22. The summed E-state index contributed by atoms with van der Waals surface area (Å²) < 4.78 is 4.96. The van der Waals surface area contributed by atoms with Gasteiger partial charge in [0.15, 0.2) is 0 Å². The van der Waals surface area contributed by atoms with E-state index >= 15 is 0 Å². The first-order valence-electron chi connectivity index (χ1n) is 6.02. The van der Waals surface area contributed by atoms with Gasteiger partial charge in [0.2, 0.25) is 5.91 Å². The maximum Gasteiger partial charge on any atom is 0.228 e.